The van der Waals surface area contributed by atoms with Gasteiger partial charge in [0.15, 0.2) is 0 Å². The molecule has 3 rings (SSSR count). The number of sulfonamides is 1. The number of para-hydroxylation sites is 1. The summed E-state index contributed by atoms with van der Waals surface area (Å²) in [5.74, 6) is 0. The Morgan fingerprint density at radius 1 is 1.20 bits per heavy atom. The van der Waals surface area contributed by atoms with Gasteiger partial charge in [-0.3, -0.25) is 8.99 Å². The molecule has 0 N–H and O–H groups in total. The zero-order valence-electron chi connectivity index (χ0n) is 15.1. The van der Waals surface area contributed by atoms with Crippen LogP contribution in [0.2, 0.25) is 0 Å². The maximum atomic E-state index is 13.4. The van der Waals surface area contributed by atoms with Crippen molar-refractivity contribution < 1.29 is 8.42 Å². The van der Waals surface area contributed by atoms with E-state index in [9.17, 15) is 8.42 Å². The summed E-state index contributed by atoms with van der Waals surface area (Å²) in [6.07, 6.45) is 8.06. The maximum absolute atomic E-state index is 13.4. The molecule has 1 heterocycles. The molecule has 1 aromatic heterocycles. The Kier molecular flexibility index (Phi) is 5.47. The molecule has 1 saturated carbocycles. The minimum atomic E-state index is -3.62. The first-order valence-corrected chi connectivity index (χ1v) is 10.6. The standard InChI is InChI=1S/C19H27N3O2S/c1-3-4-14-22(18-12-6-5-7-13-18)25(23,24)19-15-21(20-16(19)2)17-10-8-9-11-17/h5-7,12-13,15,17H,3-4,8-11,14H2,1-2H3. The first-order valence-electron chi connectivity index (χ1n) is 9.17. The summed E-state index contributed by atoms with van der Waals surface area (Å²) in [4.78, 5) is 0.333. The minimum absolute atomic E-state index is 0.333. The van der Waals surface area contributed by atoms with Crippen LogP contribution in [-0.2, 0) is 10.0 Å². The molecular formula is C19H27N3O2S. The number of aryl methyl sites for hydroxylation is 1. The van der Waals surface area contributed by atoms with E-state index in [1.165, 1.54) is 17.1 Å². The van der Waals surface area contributed by atoms with Crippen molar-refractivity contribution in [2.24, 2.45) is 0 Å². The Hall–Kier alpha value is -1.82. The summed E-state index contributed by atoms with van der Waals surface area (Å²) < 4.78 is 30.1. The van der Waals surface area contributed by atoms with E-state index in [0.29, 0.717) is 28.9 Å². The number of hydrogen-bond acceptors (Lipinski definition) is 3. The zero-order chi connectivity index (χ0) is 17.9. The van der Waals surface area contributed by atoms with E-state index in [1.54, 1.807) is 13.1 Å². The highest BCUT2D eigenvalue weighted by Crippen LogP contribution is 2.32. The fraction of sp³-hybridized carbons (Fsp3) is 0.526. The average molecular weight is 362 g/mol. The van der Waals surface area contributed by atoms with Gasteiger partial charge in [-0.2, -0.15) is 5.10 Å². The molecule has 0 saturated heterocycles. The molecule has 1 aliphatic rings. The maximum Gasteiger partial charge on any atom is 0.267 e. The van der Waals surface area contributed by atoms with E-state index in [0.717, 1.165) is 25.7 Å². The molecule has 0 atom stereocenters. The molecule has 0 amide bonds. The van der Waals surface area contributed by atoms with Crippen LogP contribution in [0.25, 0.3) is 0 Å². The highest BCUT2D eigenvalue weighted by atomic mass is 32.2. The normalized spacial score (nSPS) is 15.6. The number of anilines is 1. The van der Waals surface area contributed by atoms with Gasteiger partial charge >= 0.3 is 0 Å². The predicted octanol–water partition coefficient (Wildman–Crippen LogP) is 4.30. The van der Waals surface area contributed by atoms with Crippen molar-refractivity contribution in [3.8, 4) is 0 Å². The molecule has 6 heteroatoms. The molecule has 1 fully saturated rings. The Bertz CT molecular complexity index is 793. The molecule has 2 aromatic rings. The van der Waals surface area contributed by atoms with Crippen LogP contribution in [-0.4, -0.2) is 24.7 Å². The third-order valence-corrected chi connectivity index (χ3v) is 6.83. The minimum Gasteiger partial charge on any atom is -0.268 e. The first-order chi connectivity index (χ1) is 12.0. The second kappa shape index (κ2) is 7.60. The quantitative estimate of drug-likeness (QED) is 0.739. The predicted molar refractivity (Wildman–Crippen MR) is 100 cm³/mol. The number of hydrogen-bond donors (Lipinski definition) is 0. The van der Waals surface area contributed by atoms with Crippen molar-refractivity contribution in [1.29, 1.82) is 0 Å². The summed E-state index contributed by atoms with van der Waals surface area (Å²) in [7, 11) is -3.62. The lowest BCUT2D eigenvalue weighted by molar-refractivity contribution is 0.464. The van der Waals surface area contributed by atoms with E-state index >= 15 is 0 Å². The molecular weight excluding hydrogens is 334 g/mol. The van der Waals surface area contributed by atoms with Gasteiger partial charge in [-0.25, -0.2) is 8.42 Å². The Labute approximate surface area is 150 Å². The molecule has 136 valence electrons. The van der Waals surface area contributed by atoms with Crippen LogP contribution in [0.4, 0.5) is 5.69 Å². The van der Waals surface area contributed by atoms with Gasteiger partial charge in [0.05, 0.1) is 17.4 Å². The number of nitrogens with zero attached hydrogens (tertiary/aromatic N) is 3. The second-order valence-corrected chi connectivity index (χ2v) is 8.59. The van der Waals surface area contributed by atoms with Crippen LogP contribution in [0.1, 0.15) is 57.2 Å². The summed E-state index contributed by atoms with van der Waals surface area (Å²) >= 11 is 0. The largest absolute Gasteiger partial charge is 0.268 e. The molecule has 0 radical (unpaired) electrons. The van der Waals surface area contributed by atoms with Gasteiger partial charge in [-0.1, -0.05) is 44.4 Å². The van der Waals surface area contributed by atoms with Crippen LogP contribution < -0.4 is 4.31 Å². The van der Waals surface area contributed by atoms with Crippen LogP contribution >= 0.6 is 0 Å². The van der Waals surface area contributed by atoms with E-state index in [-0.39, 0.29) is 0 Å². The van der Waals surface area contributed by atoms with Gasteiger partial charge in [-0.05, 0) is 38.3 Å². The van der Waals surface area contributed by atoms with E-state index in [2.05, 4.69) is 12.0 Å². The van der Waals surface area contributed by atoms with Crippen LogP contribution in [0.3, 0.4) is 0 Å². The summed E-state index contributed by atoms with van der Waals surface area (Å²) in [5.41, 5.74) is 1.30. The summed E-state index contributed by atoms with van der Waals surface area (Å²) in [6, 6.07) is 9.69. The highest BCUT2D eigenvalue weighted by molar-refractivity contribution is 7.92. The van der Waals surface area contributed by atoms with Gasteiger partial charge in [0, 0.05) is 12.7 Å². The smallest absolute Gasteiger partial charge is 0.267 e. The van der Waals surface area contributed by atoms with Crippen LogP contribution in [0, 0.1) is 6.92 Å². The van der Waals surface area contributed by atoms with Gasteiger partial charge in [0.2, 0.25) is 0 Å². The Balaban J connectivity index is 1.97. The van der Waals surface area contributed by atoms with E-state index < -0.39 is 10.0 Å². The molecule has 0 aliphatic heterocycles. The topological polar surface area (TPSA) is 55.2 Å². The van der Waals surface area contributed by atoms with Crippen molar-refractivity contribution in [2.45, 2.75) is 63.3 Å². The number of unbranched alkanes of at least 4 members (excludes halogenated alkanes) is 1. The fourth-order valence-electron chi connectivity index (χ4n) is 3.48. The van der Waals surface area contributed by atoms with E-state index in [1.807, 2.05) is 35.0 Å². The van der Waals surface area contributed by atoms with Crippen molar-refractivity contribution in [3.05, 3.63) is 42.2 Å². The summed E-state index contributed by atoms with van der Waals surface area (Å²) in [5, 5.41) is 4.53. The SMILES string of the molecule is CCCCN(c1ccccc1)S(=O)(=O)c1cn(C2CCCC2)nc1C. The Morgan fingerprint density at radius 3 is 2.52 bits per heavy atom. The van der Waals surface area contributed by atoms with Gasteiger partial charge in [0.25, 0.3) is 10.0 Å². The fourth-order valence-corrected chi connectivity index (χ4v) is 5.14. The molecule has 1 aliphatic carbocycles. The van der Waals surface area contributed by atoms with Gasteiger partial charge in [0.1, 0.15) is 4.90 Å². The first kappa shape index (κ1) is 18.0. The van der Waals surface area contributed by atoms with Crippen LogP contribution in [0.15, 0.2) is 41.4 Å². The number of benzene rings is 1. The van der Waals surface area contributed by atoms with Crippen molar-refractivity contribution in [2.75, 3.05) is 10.8 Å². The molecule has 5 nitrogen and oxygen atoms in total. The van der Waals surface area contributed by atoms with Crippen LogP contribution in [0.5, 0.6) is 0 Å². The molecule has 1 aromatic carbocycles. The zero-order valence-corrected chi connectivity index (χ0v) is 15.9. The molecule has 25 heavy (non-hydrogen) atoms. The summed E-state index contributed by atoms with van der Waals surface area (Å²) in [6.45, 7) is 4.34. The lowest BCUT2D eigenvalue weighted by Crippen LogP contribution is -2.32. The number of rotatable bonds is 7. The van der Waals surface area contributed by atoms with Crippen molar-refractivity contribution in [1.82, 2.24) is 9.78 Å². The van der Waals surface area contributed by atoms with Crippen molar-refractivity contribution in [3.63, 3.8) is 0 Å². The second-order valence-electron chi connectivity index (χ2n) is 6.76. The van der Waals surface area contributed by atoms with Gasteiger partial charge in [-0.15, -0.1) is 0 Å². The lowest BCUT2D eigenvalue weighted by Gasteiger charge is -2.24. The third-order valence-electron chi connectivity index (χ3n) is 4.90. The molecule has 0 unspecified atom stereocenters. The van der Waals surface area contributed by atoms with Crippen molar-refractivity contribution >= 4 is 15.7 Å². The number of aromatic nitrogens is 2. The molecule has 0 bridgehead atoms. The lowest BCUT2D eigenvalue weighted by atomic mass is 10.3. The average Bonchev–Trinajstić information content (AvgIpc) is 3.25. The monoisotopic (exact) mass is 361 g/mol. The highest BCUT2D eigenvalue weighted by Gasteiger charge is 2.30. The van der Waals surface area contributed by atoms with E-state index in [4.69, 9.17) is 0 Å². The van der Waals surface area contributed by atoms with Gasteiger partial charge < -0.3 is 0 Å². The Morgan fingerprint density at radius 2 is 1.88 bits per heavy atom. The molecule has 0 spiro atoms. The third kappa shape index (κ3) is 3.73.